The Hall–Kier alpha value is -0.0800. The monoisotopic (exact) mass is 238 g/mol. The Morgan fingerprint density at radius 2 is 2.06 bits per heavy atom. The number of nitrogens with one attached hydrogen (secondary N) is 1. The number of nitrogens with zero attached hydrogens (tertiary/aromatic N) is 1. The maximum atomic E-state index is 3.92. The first-order valence-corrected chi connectivity index (χ1v) is 7.70. The molecule has 2 rings (SSSR count). The van der Waals surface area contributed by atoms with E-state index in [1.165, 1.54) is 58.2 Å². The van der Waals surface area contributed by atoms with Gasteiger partial charge in [-0.05, 0) is 51.2 Å². The summed E-state index contributed by atoms with van der Waals surface area (Å²) < 4.78 is 0. The highest BCUT2D eigenvalue weighted by atomic mass is 15.2. The number of piperidine rings is 2. The summed E-state index contributed by atoms with van der Waals surface area (Å²) in [5, 5.41) is 3.92. The van der Waals surface area contributed by atoms with Gasteiger partial charge in [0.25, 0.3) is 0 Å². The van der Waals surface area contributed by atoms with E-state index < -0.39 is 0 Å². The van der Waals surface area contributed by atoms with E-state index in [-0.39, 0.29) is 0 Å². The second-order valence-electron chi connectivity index (χ2n) is 6.22. The summed E-state index contributed by atoms with van der Waals surface area (Å²) in [5.74, 6) is 0.750. The molecule has 2 heterocycles. The highest BCUT2D eigenvalue weighted by molar-refractivity contribution is 5.04. The fourth-order valence-corrected chi connectivity index (χ4v) is 4.07. The molecule has 100 valence electrons. The summed E-state index contributed by atoms with van der Waals surface area (Å²) in [4.78, 5) is 2.74. The minimum absolute atomic E-state index is 0.398. The van der Waals surface area contributed by atoms with Crippen molar-refractivity contribution in [3.05, 3.63) is 0 Å². The Morgan fingerprint density at radius 1 is 1.24 bits per heavy atom. The first-order chi connectivity index (χ1) is 8.20. The molecule has 2 saturated heterocycles. The van der Waals surface area contributed by atoms with Gasteiger partial charge >= 0.3 is 0 Å². The van der Waals surface area contributed by atoms with Crippen molar-refractivity contribution in [2.45, 2.75) is 70.9 Å². The lowest BCUT2D eigenvalue weighted by Gasteiger charge is -2.53. The van der Waals surface area contributed by atoms with Gasteiger partial charge < -0.3 is 5.32 Å². The second-order valence-corrected chi connectivity index (χ2v) is 6.22. The lowest BCUT2D eigenvalue weighted by molar-refractivity contribution is 0.0208. The van der Waals surface area contributed by atoms with Gasteiger partial charge in [0.1, 0.15) is 0 Å². The molecule has 2 fully saturated rings. The summed E-state index contributed by atoms with van der Waals surface area (Å²) in [6, 6.07) is 0.779. The van der Waals surface area contributed by atoms with Gasteiger partial charge in [-0.25, -0.2) is 0 Å². The standard InChI is InChI=1S/C15H30N2/c1-4-17-12-8-5-9-14(17)15(13(2)3)10-6-7-11-16-15/h13-14,16H,4-12H2,1-3H3. The molecule has 0 bridgehead atoms. The molecular weight excluding hydrogens is 208 g/mol. The molecule has 0 saturated carbocycles. The van der Waals surface area contributed by atoms with Crippen molar-refractivity contribution in [1.29, 1.82) is 0 Å². The third-order valence-electron chi connectivity index (χ3n) is 5.12. The Labute approximate surface area is 107 Å². The first-order valence-electron chi connectivity index (χ1n) is 7.70. The second kappa shape index (κ2) is 5.71. The molecule has 0 radical (unpaired) electrons. The van der Waals surface area contributed by atoms with E-state index in [1.807, 2.05) is 0 Å². The number of likely N-dealkylation sites (tertiary alicyclic amines) is 1. The quantitative estimate of drug-likeness (QED) is 0.813. The van der Waals surface area contributed by atoms with Crippen LogP contribution in [0.1, 0.15) is 59.3 Å². The molecule has 2 atom stereocenters. The van der Waals surface area contributed by atoms with Gasteiger partial charge in [-0.3, -0.25) is 4.90 Å². The normalized spacial score (nSPS) is 36.4. The van der Waals surface area contributed by atoms with Crippen LogP contribution in [0.25, 0.3) is 0 Å². The van der Waals surface area contributed by atoms with E-state index in [4.69, 9.17) is 0 Å². The average Bonchev–Trinajstić information content (AvgIpc) is 2.39. The van der Waals surface area contributed by atoms with Crippen molar-refractivity contribution in [3.63, 3.8) is 0 Å². The maximum absolute atomic E-state index is 3.92. The van der Waals surface area contributed by atoms with Crippen LogP contribution >= 0.6 is 0 Å². The summed E-state index contributed by atoms with van der Waals surface area (Å²) in [7, 11) is 0. The molecule has 17 heavy (non-hydrogen) atoms. The van der Waals surface area contributed by atoms with E-state index in [1.54, 1.807) is 0 Å². The van der Waals surface area contributed by atoms with Gasteiger partial charge in [-0.2, -0.15) is 0 Å². The molecule has 2 nitrogen and oxygen atoms in total. The molecule has 0 amide bonds. The Morgan fingerprint density at radius 3 is 2.65 bits per heavy atom. The van der Waals surface area contributed by atoms with Crippen LogP contribution in [0, 0.1) is 5.92 Å². The van der Waals surface area contributed by atoms with Gasteiger partial charge in [0.2, 0.25) is 0 Å². The van der Waals surface area contributed by atoms with E-state index >= 15 is 0 Å². The number of hydrogen-bond acceptors (Lipinski definition) is 2. The van der Waals surface area contributed by atoms with Crippen molar-refractivity contribution in [1.82, 2.24) is 10.2 Å². The minimum Gasteiger partial charge on any atom is -0.310 e. The van der Waals surface area contributed by atoms with Crippen LogP contribution in [0.4, 0.5) is 0 Å². The molecule has 0 aromatic rings. The largest absolute Gasteiger partial charge is 0.310 e. The summed E-state index contributed by atoms with van der Waals surface area (Å²) in [6.45, 7) is 10.9. The fourth-order valence-electron chi connectivity index (χ4n) is 4.07. The molecule has 0 spiro atoms. The lowest BCUT2D eigenvalue weighted by Crippen LogP contribution is -2.66. The molecule has 0 aromatic heterocycles. The highest BCUT2D eigenvalue weighted by Gasteiger charge is 2.44. The predicted molar refractivity (Wildman–Crippen MR) is 74.3 cm³/mol. The van der Waals surface area contributed by atoms with Gasteiger partial charge in [-0.15, -0.1) is 0 Å². The molecule has 1 N–H and O–H groups in total. The van der Waals surface area contributed by atoms with Gasteiger partial charge in [-0.1, -0.05) is 33.6 Å². The maximum Gasteiger partial charge on any atom is 0.0360 e. The Kier molecular flexibility index (Phi) is 4.48. The summed E-state index contributed by atoms with van der Waals surface area (Å²) in [5.41, 5.74) is 0.398. The molecule has 0 aliphatic carbocycles. The zero-order valence-electron chi connectivity index (χ0n) is 12.0. The van der Waals surface area contributed by atoms with Gasteiger partial charge in [0.15, 0.2) is 0 Å². The van der Waals surface area contributed by atoms with Crippen LogP contribution < -0.4 is 5.32 Å². The van der Waals surface area contributed by atoms with E-state index in [0.29, 0.717) is 5.54 Å². The summed E-state index contributed by atoms with van der Waals surface area (Å²) >= 11 is 0. The van der Waals surface area contributed by atoms with Crippen molar-refractivity contribution < 1.29 is 0 Å². The average molecular weight is 238 g/mol. The molecule has 2 aliphatic rings. The topological polar surface area (TPSA) is 15.3 Å². The third-order valence-corrected chi connectivity index (χ3v) is 5.12. The van der Waals surface area contributed by atoms with Crippen LogP contribution in [0.3, 0.4) is 0 Å². The predicted octanol–water partition coefficient (Wildman–Crippen LogP) is 3.03. The van der Waals surface area contributed by atoms with Gasteiger partial charge in [0, 0.05) is 11.6 Å². The van der Waals surface area contributed by atoms with Crippen molar-refractivity contribution >= 4 is 0 Å². The van der Waals surface area contributed by atoms with Crippen LogP contribution in [-0.2, 0) is 0 Å². The zero-order valence-corrected chi connectivity index (χ0v) is 12.0. The number of hydrogen-bond donors (Lipinski definition) is 1. The molecule has 2 unspecified atom stereocenters. The van der Waals surface area contributed by atoms with Crippen LogP contribution in [-0.4, -0.2) is 36.1 Å². The first kappa shape index (κ1) is 13.4. The van der Waals surface area contributed by atoms with Crippen LogP contribution in [0.15, 0.2) is 0 Å². The SMILES string of the molecule is CCN1CCCCC1C1(C(C)C)CCCCN1. The summed E-state index contributed by atoms with van der Waals surface area (Å²) in [6.07, 6.45) is 8.40. The molecular formula is C15H30N2. The van der Waals surface area contributed by atoms with Gasteiger partial charge in [0.05, 0.1) is 0 Å². The third kappa shape index (κ3) is 2.53. The van der Waals surface area contributed by atoms with E-state index in [2.05, 4.69) is 31.0 Å². The minimum atomic E-state index is 0.398. The number of likely N-dealkylation sites (N-methyl/N-ethyl adjacent to an activating group) is 1. The van der Waals surface area contributed by atoms with Crippen LogP contribution in [0.2, 0.25) is 0 Å². The number of rotatable bonds is 3. The zero-order chi connectivity index (χ0) is 12.3. The van der Waals surface area contributed by atoms with Crippen molar-refractivity contribution in [3.8, 4) is 0 Å². The van der Waals surface area contributed by atoms with Crippen molar-refractivity contribution in [2.75, 3.05) is 19.6 Å². The highest BCUT2D eigenvalue weighted by Crippen LogP contribution is 2.37. The lowest BCUT2D eigenvalue weighted by atomic mass is 9.71. The molecule has 2 aliphatic heterocycles. The van der Waals surface area contributed by atoms with Crippen LogP contribution in [0.5, 0.6) is 0 Å². The van der Waals surface area contributed by atoms with E-state index in [0.717, 1.165) is 12.0 Å². The Balaban J connectivity index is 2.18. The molecule has 2 heteroatoms. The Bertz CT molecular complexity index is 231. The van der Waals surface area contributed by atoms with E-state index in [9.17, 15) is 0 Å². The van der Waals surface area contributed by atoms with Crippen molar-refractivity contribution in [2.24, 2.45) is 5.92 Å². The fraction of sp³-hybridized carbons (Fsp3) is 1.00. The smallest absolute Gasteiger partial charge is 0.0360 e. The molecule has 0 aromatic carbocycles.